The van der Waals surface area contributed by atoms with Crippen LogP contribution in [0.2, 0.25) is 0 Å². The van der Waals surface area contributed by atoms with Crippen molar-refractivity contribution in [2.75, 3.05) is 6.61 Å². The van der Waals surface area contributed by atoms with Crippen LogP contribution in [0.4, 0.5) is 0 Å². The predicted molar refractivity (Wildman–Crippen MR) is 90.7 cm³/mol. The second kappa shape index (κ2) is 4.64. The highest BCUT2D eigenvalue weighted by atomic mass is 16.3. The minimum absolute atomic E-state index is 0.0801. The number of allylic oxidation sites excluding steroid dienone is 1. The van der Waals surface area contributed by atoms with Crippen LogP contribution in [-0.2, 0) is 0 Å². The SMILES string of the molecule is C[C@@H]1CC2=C(CC[C@H](O)C2)[C@H]2CC[C@]3(C)[C@H](CO)C[C@H]4C[C@]43[C@H]12. The van der Waals surface area contributed by atoms with Crippen molar-refractivity contribution in [3.63, 3.8) is 0 Å². The van der Waals surface area contributed by atoms with Crippen molar-refractivity contribution in [3.8, 4) is 0 Å². The number of hydrogen-bond donors (Lipinski definition) is 2. The summed E-state index contributed by atoms with van der Waals surface area (Å²) < 4.78 is 0. The van der Waals surface area contributed by atoms with E-state index in [1.807, 2.05) is 0 Å². The molecule has 2 nitrogen and oxygen atoms in total. The fraction of sp³-hybridized carbons (Fsp3) is 0.905. The van der Waals surface area contributed by atoms with Gasteiger partial charge in [-0.2, -0.15) is 0 Å². The molecule has 5 aliphatic rings. The summed E-state index contributed by atoms with van der Waals surface area (Å²) in [6, 6.07) is 0. The van der Waals surface area contributed by atoms with E-state index in [-0.39, 0.29) is 6.10 Å². The van der Waals surface area contributed by atoms with Gasteiger partial charge in [-0.3, -0.25) is 0 Å². The van der Waals surface area contributed by atoms with E-state index in [0.29, 0.717) is 23.4 Å². The average molecular weight is 316 g/mol. The third-order valence-electron chi connectivity index (χ3n) is 9.22. The van der Waals surface area contributed by atoms with E-state index in [1.165, 1.54) is 32.1 Å². The quantitative estimate of drug-likeness (QED) is 0.720. The number of hydrogen-bond acceptors (Lipinski definition) is 2. The highest BCUT2D eigenvalue weighted by molar-refractivity contribution is 5.33. The second-order valence-corrected chi connectivity index (χ2v) is 9.85. The van der Waals surface area contributed by atoms with Crippen LogP contribution in [0.25, 0.3) is 0 Å². The van der Waals surface area contributed by atoms with Crippen molar-refractivity contribution in [2.24, 2.45) is 40.4 Å². The highest BCUT2D eigenvalue weighted by Crippen LogP contribution is 2.83. The molecule has 23 heavy (non-hydrogen) atoms. The lowest BCUT2D eigenvalue weighted by molar-refractivity contribution is -0.0581. The van der Waals surface area contributed by atoms with E-state index in [2.05, 4.69) is 13.8 Å². The van der Waals surface area contributed by atoms with Crippen molar-refractivity contribution in [1.82, 2.24) is 0 Å². The summed E-state index contributed by atoms with van der Waals surface area (Å²) in [5.74, 6) is 3.88. The van der Waals surface area contributed by atoms with Gasteiger partial charge in [-0.15, -0.1) is 0 Å². The molecule has 0 saturated heterocycles. The summed E-state index contributed by atoms with van der Waals surface area (Å²) >= 11 is 0. The van der Waals surface area contributed by atoms with Crippen LogP contribution in [-0.4, -0.2) is 22.9 Å². The number of aliphatic hydroxyl groups is 2. The molecular formula is C21H32O2. The number of rotatable bonds is 1. The Kier molecular flexibility index (Phi) is 3.01. The van der Waals surface area contributed by atoms with Gasteiger partial charge in [0.25, 0.3) is 0 Å². The van der Waals surface area contributed by atoms with Gasteiger partial charge in [-0.25, -0.2) is 0 Å². The first-order valence-electron chi connectivity index (χ1n) is 10.0. The smallest absolute Gasteiger partial charge is 0.0580 e. The van der Waals surface area contributed by atoms with Gasteiger partial charge in [0.15, 0.2) is 0 Å². The van der Waals surface area contributed by atoms with Crippen LogP contribution in [0.15, 0.2) is 11.1 Å². The summed E-state index contributed by atoms with van der Waals surface area (Å²) in [5.41, 5.74) is 4.35. The van der Waals surface area contributed by atoms with E-state index in [0.717, 1.165) is 42.9 Å². The third-order valence-corrected chi connectivity index (χ3v) is 9.22. The Morgan fingerprint density at radius 1 is 1.22 bits per heavy atom. The summed E-state index contributed by atoms with van der Waals surface area (Å²) in [4.78, 5) is 0. The van der Waals surface area contributed by atoms with Gasteiger partial charge in [0.2, 0.25) is 0 Å². The molecule has 0 radical (unpaired) electrons. The molecule has 0 aromatic rings. The molecule has 2 N–H and O–H groups in total. The van der Waals surface area contributed by atoms with E-state index >= 15 is 0 Å². The Hall–Kier alpha value is -0.340. The zero-order valence-corrected chi connectivity index (χ0v) is 14.7. The van der Waals surface area contributed by atoms with Gasteiger partial charge in [0.1, 0.15) is 0 Å². The molecule has 0 bridgehead atoms. The molecule has 3 saturated carbocycles. The first kappa shape index (κ1) is 15.0. The number of aliphatic hydroxyl groups excluding tert-OH is 2. The minimum atomic E-state index is -0.0801. The molecule has 8 atom stereocenters. The average Bonchev–Trinajstić information content (AvgIpc) is 3.17. The largest absolute Gasteiger partial charge is 0.396 e. The minimum Gasteiger partial charge on any atom is -0.396 e. The van der Waals surface area contributed by atoms with Gasteiger partial charge in [0, 0.05) is 6.61 Å². The molecule has 0 aliphatic heterocycles. The molecule has 0 amide bonds. The van der Waals surface area contributed by atoms with Crippen molar-refractivity contribution in [2.45, 2.75) is 71.3 Å². The first-order valence-corrected chi connectivity index (χ1v) is 10.0. The standard InChI is InChI=1S/C21H32O2/c1-12-7-13-8-16(23)3-4-17(13)18-5-6-20(2)15(11-22)9-14-10-21(14,20)19(12)18/h12,14-16,18-19,22-23H,3-11H2,1-2H3/t12-,14+,15+,16+,18-,19-,20-,21-/m1/s1. The number of fused-ring (bicyclic) bond motifs is 2. The van der Waals surface area contributed by atoms with Crippen molar-refractivity contribution >= 4 is 0 Å². The Morgan fingerprint density at radius 2 is 2.04 bits per heavy atom. The van der Waals surface area contributed by atoms with Crippen LogP contribution < -0.4 is 0 Å². The van der Waals surface area contributed by atoms with Crippen LogP contribution in [0.1, 0.15) is 65.2 Å². The maximum atomic E-state index is 10.1. The maximum Gasteiger partial charge on any atom is 0.0580 e. The van der Waals surface area contributed by atoms with Crippen LogP contribution in [0, 0.1) is 40.4 Å². The molecular weight excluding hydrogens is 284 g/mol. The highest BCUT2D eigenvalue weighted by Gasteiger charge is 2.77. The second-order valence-electron chi connectivity index (χ2n) is 9.85. The summed E-state index contributed by atoms with van der Waals surface area (Å²) in [6.07, 6.45) is 9.65. The topological polar surface area (TPSA) is 40.5 Å². The van der Waals surface area contributed by atoms with Gasteiger partial charge < -0.3 is 10.2 Å². The van der Waals surface area contributed by atoms with E-state index < -0.39 is 0 Å². The molecule has 3 fully saturated rings. The summed E-state index contributed by atoms with van der Waals surface area (Å²) in [7, 11) is 0. The van der Waals surface area contributed by atoms with Crippen molar-refractivity contribution < 1.29 is 10.2 Å². The Labute approximate surface area is 140 Å². The molecule has 5 rings (SSSR count). The normalized spacial score (nSPS) is 57.4. The molecule has 0 heterocycles. The lowest BCUT2D eigenvalue weighted by Crippen LogP contribution is -2.50. The fourth-order valence-electron chi connectivity index (χ4n) is 8.31. The Balaban J connectivity index is 1.55. The van der Waals surface area contributed by atoms with Gasteiger partial charge in [-0.05, 0) is 91.8 Å². The zero-order chi connectivity index (χ0) is 16.0. The van der Waals surface area contributed by atoms with Gasteiger partial charge >= 0.3 is 0 Å². The van der Waals surface area contributed by atoms with Crippen molar-refractivity contribution in [3.05, 3.63) is 11.1 Å². The Bertz CT molecular complexity index is 566. The monoisotopic (exact) mass is 316 g/mol. The fourth-order valence-corrected chi connectivity index (χ4v) is 8.31. The van der Waals surface area contributed by atoms with Crippen LogP contribution in [0.5, 0.6) is 0 Å². The maximum absolute atomic E-state index is 10.1. The van der Waals surface area contributed by atoms with E-state index in [1.54, 1.807) is 11.1 Å². The molecule has 2 heteroatoms. The molecule has 0 aromatic carbocycles. The Morgan fingerprint density at radius 3 is 2.83 bits per heavy atom. The summed E-state index contributed by atoms with van der Waals surface area (Å²) in [5, 5.41) is 20.0. The van der Waals surface area contributed by atoms with Gasteiger partial charge in [0.05, 0.1) is 6.10 Å². The van der Waals surface area contributed by atoms with Gasteiger partial charge in [-0.1, -0.05) is 25.0 Å². The molecule has 5 aliphatic carbocycles. The van der Waals surface area contributed by atoms with Crippen LogP contribution in [0.3, 0.4) is 0 Å². The summed E-state index contributed by atoms with van der Waals surface area (Å²) in [6.45, 7) is 5.42. The molecule has 1 spiro atoms. The molecule has 0 aromatic heterocycles. The lowest BCUT2D eigenvalue weighted by Gasteiger charge is -2.57. The third kappa shape index (κ3) is 1.68. The predicted octanol–water partition coefficient (Wildman–Crippen LogP) is 3.92. The van der Waals surface area contributed by atoms with Crippen LogP contribution >= 0.6 is 0 Å². The zero-order valence-electron chi connectivity index (χ0n) is 14.7. The van der Waals surface area contributed by atoms with E-state index in [9.17, 15) is 10.2 Å². The van der Waals surface area contributed by atoms with Crippen molar-refractivity contribution in [1.29, 1.82) is 0 Å². The van der Waals surface area contributed by atoms with E-state index in [4.69, 9.17) is 0 Å². The molecule has 128 valence electrons. The first-order chi connectivity index (χ1) is 11.0. The molecule has 0 unspecified atom stereocenters. The lowest BCUT2D eigenvalue weighted by atomic mass is 9.48.